The Balaban J connectivity index is 1.64. The number of aromatic nitrogens is 2. The van der Waals surface area contributed by atoms with E-state index >= 15 is 0 Å². The van der Waals surface area contributed by atoms with Crippen molar-refractivity contribution in [1.29, 1.82) is 10.5 Å². The predicted molar refractivity (Wildman–Crippen MR) is 119 cm³/mol. The number of nitriles is 2. The minimum atomic E-state index is -0.309. The number of nitrogens with one attached hydrogen (secondary N) is 2. The first-order valence-corrected chi connectivity index (χ1v) is 10.8. The Morgan fingerprint density at radius 3 is 2.67 bits per heavy atom. The Kier molecular flexibility index (Phi) is 6.91. The molecule has 0 aliphatic heterocycles. The Morgan fingerprint density at radius 2 is 2.00 bits per heavy atom. The van der Waals surface area contributed by atoms with E-state index in [2.05, 4.69) is 62.5 Å². The quantitative estimate of drug-likeness (QED) is 0.586. The molecule has 2 aromatic rings. The van der Waals surface area contributed by atoms with E-state index in [1.807, 2.05) is 12.1 Å². The third-order valence-corrected chi connectivity index (χ3v) is 6.22. The molecule has 3 rings (SSSR count). The molecule has 0 spiro atoms. The van der Waals surface area contributed by atoms with E-state index in [1.165, 1.54) is 6.20 Å². The van der Waals surface area contributed by atoms with Crippen LogP contribution in [-0.4, -0.2) is 33.8 Å². The number of nitrogens with zero attached hydrogens (tertiary/aromatic N) is 4. The van der Waals surface area contributed by atoms with Crippen LogP contribution in [0.1, 0.15) is 49.8 Å². The summed E-state index contributed by atoms with van der Waals surface area (Å²) < 4.78 is 0.782. The summed E-state index contributed by atoms with van der Waals surface area (Å²) in [6.07, 6.45) is 4.32. The molecular weight excluding hydrogens is 444 g/mol. The van der Waals surface area contributed by atoms with E-state index in [1.54, 1.807) is 6.07 Å². The van der Waals surface area contributed by atoms with Crippen molar-refractivity contribution in [3.05, 3.63) is 45.6 Å². The van der Waals surface area contributed by atoms with E-state index in [4.69, 9.17) is 5.26 Å². The van der Waals surface area contributed by atoms with Crippen molar-refractivity contribution in [2.75, 3.05) is 17.2 Å². The maximum absolute atomic E-state index is 10.2. The zero-order valence-electron chi connectivity index (χ0n) is 17.1. The van der Waals surface area contributed by atoms with Crippen LogP contribution >= 0.6 is 15.9 Å². The summed E-state index contributed by atoms with van der Waals surface area (Å²) in [4.78, 5) is 8.75. The normalized spacial score (nSPS) is 20.1. The number of hydrogen-bond acceptors (Lipinski definition) is 7. The van der Waals surface area contributed by atoms with Gasteiger partial charge in [0.05, 0.1) is 17.9 Å². The van der Waals surface area contributed by atoms with Crippen LogP contribution in [0.15, 0.2) is 28.9 Å². The molecule has 1 aromatic heterocycles. The molecule has 1 heterocycles. The van der Waals surface area contributed by atoms with E-state index in [0.29, 0.717) is 29.4 Å². The molecule has 0 radical (unpaired) electrons. The van der Waals surface area contributed by atoms with Crippen molar-refractivity contribution < 1.29 is 5.11 Å². The van der Waals surface area contributed by atoms with Gasteiger partial charge in [-0.15, -0.1) is 0 Å². The van der Waals surface area contributed by atoms with Gasteiger partial charge in [-0.25, -0.2) is 4.98 Å². The van der Waals surface area contributed by atoms with Gasteiger partial charge in [0.2, 0.25) is 5.95 Å². The van der Waals surface area contributed by atoms with Gasteiger partial charge in [-0.3, -0.25) is 0 Å². The van der Waals surface area contributed by atoms with Crippen LogP contribution in [0.4, 0.5) is 11.8 Å². The largest absolute Gasteiger partial charge is 0.393 e. The highest BCUT2D eigenvalue weighted by Crippen LogP contribution is 2.36. The van der Waals surface area contributed by atoms with E-state index < -0.39 is 0 Å². The molecule has 1 aliphatic rings. The lowest BCUT2D eigenvalue weighted by Gasteiger charge is -2.40. The topological polar surface area (TPSA) is 118 Å². The predicted octanol–water partition coefficient (Wildman–Crippen LogP) is 3.99. The van der Waals surface area contributed by atoms with Crippen LogP contribution in [0.3, 0.4) is 0 Å². The number of benzene rings is 1. The molecule has 0 bridgehead atoms. The monoisotopic (exact) mass is 468 g/mol. The van der Waals surface area contributed by atoms with Crippen LogP contribution in [0.2, 0.25) is 0 Å². The maximum Gasteiger partial charge on any atom is 0.224 e. The Bertz CT molecular complexity index is 994. The summed E-state index contributed by atoms with van der Waals surface area (Å²) in [5, 5.41) is 35.2. The first kappa shape index (κ1) is 22.0. The minimum Gasteiger partial charge on any atom is -0.393 e. The molecular formula is C22H25BrN6O. The Labute approximate surface area is 185 Å². The third kappa shape index (κ3) is 5.27. The molecule has 8 heteroatoms. The van der Waals surface area contributed by atoms with Crippen molar-refractivity contribution >= 4 is 27.7 Å². The van der Waals surface area contributed by atoms with Crippen molar-refractivity contribution in [2.45, 2.75) is 51.7 Å². The highest BCUT2D eigenvalue weighted by Gasteiger charge is 2.35. The van der Waals surface area contributed by atoms with Gasteiger partial charge in [0, 0.05) is 17.1 Å². The SMILES string of the molecule is CC1(C)C[C@H](Nc2nc(NCCc3ccc(C#N)c(Br)c3)ncc2C#N)CC[C@@H]1O. The van der Waals surface area contributed by atoms with Crippen molar-refractivity contribution in [1.82, 2.24) is 9.97 Å². The minimum absolute atomic E-state index is 0.147. The Morgan fingerprint density at radius 1 is 1.23 bits per heavy atom. The Hall–Kier alpha value is -2.68. The molecule has 1 aliphatic carbocycles. The molecule has 30 heavy (non-hydrogen) atoms. The van der Waals surface area contributed by atoms with Crippen LogP contribution in [0.5, 0.6) is 0 Å². The molecule has 2 atom stereocenters. The fourth-order valence-corrected chi connectivity index (χ4v) is 4.24. The second-order valence-electron chi connectivity index (χ2n) is 8.30. The number of anilines is 2. The maximum atomic E-state index is 10.2. The molecule has 1 fully saturated rings. The standard InChI is InChI=1S/C22H25BrN6O/c1-22(2)10-17(5-6-19(22)30)28-20-16(12-25)13-27-21(29-20)26-8-7-14-3-4-15(11-24)18(23)9-14/h3-4,9,13,17,19,30H,5-8,10H2,1-2H3,(H2,26,27,28,29)/t17-,19+/m1/s1. The number of halogens is 1. The van der Waals surface area contributed by atoms with Crippen LogP contribution in [0, 0.1) is 28.1 Å². The molecule has 1 saturated carbocycles. The average Bonchev–Trinajstić information content (AvgIpc) is 2.71. The van der Waals surface area contributed by atoms with Gasteiger partial charge in [0.1, 0.15) is 23.5 Å². The van der Waals surface area contributed by atoms with E-state index in [0.717, 1.165) is 35.7 Å². The van der Waals surface area contributed by atoms with Crippen LogP contribution in [-0.2, 0) is 6.42 Å². The summed E-state index contributed by atoms with van der Waals surface area (Å²) >= 11 is 3.41. The smallest absolute Gasteiger partial charge is 0.224 e. The summed E-state index contributed by atoms with van der Waals surface area (Å²) in [5.41, 5.74) is 1.92. The van der Waals surface area contributed by atoms with Crippen molar-refractivity contribution in [3.8, 4) is 12.1 Å². The molecule has 0 unspecified atom stereocenters. The second-order valence-corrected chi connectivity index (χ2v) is 9.15. The molecule has 0 amide bonds. The van der Waals surface area contributed by atoms with Gasteiger partial charge in [-0.1, -0.05) is 19.9 Å². The summed E-state index contributed by atoms with van der Waals surface area (Å²) in [7, 11) is 0. The molecule has 1 aromatic carbocycles. The van der Waals surface area contributed by atoms with Crippen molar-refractivity contribution in [3.63, 3.8) is 0 Å². The number of rotatable bonds is 6. The van der Waals surface area contributed by atoms with Gasteiger partial charge >= 0.3 is 0 Å². The lowest BCUT2D eigenvalue weighted by Crippen LogP contribution is -2.41. The highest BCUT2D eigenvalue weighted by molar-refractivity contribution is 9.10. The van der Waals surface area contributed by atoms with Crippen LogP contribution in [0.25, 0.3) is 0 Å². The van der Waals surface area contributed by atoms with E-state index in [9.17, 15) is 10.4 Å². The average molecular weight is 469 g/mol. The van der Waals surface area contributed by atoms with Gasteiger partial charge in [-0.05, 0) is 64.7 Å². The van der Waals surface area contributed by atoms with Gasteiger partial charge < -0.3 is 15.7 Å². The van der Waals surface area contributed by atoms with Gasteiger partial charge in [0.15, 0.2) is 0 Å². The zero-order chi connectivity index (χ0) is 21.7. The van der Waals surface area contributed by atoms with E-state index in [-0.39, 0.29) is 17.6 Å². The lowest BCUT2D eigenvalue weighted by atomic mass is 9.73. The fourth-order valence-electron chi connectivity index (χ4n) is 3.72. The molecule has 7 nitrogen and oxygen atoms in total. The lowest BCUT2D eigenvalue weighted by molar-refractivity contribution is 0.00926. The zero-order valence-corrected chi connectivity index (χ0v) is 18.7. The molecule has 156 valence electrons. The first-order valence-electron chi connectivity index (χ1n) is 9.96. The fraction of sp³-hybridized carbons (Fsp3) is 0.455. The molecule has 0 saturated heterocycles. The number of hydrogen-bond donors (Lipinski definition) is 3. The molecule has 3 N–H and O–H groups in total. The highest BCUT2D eigenvalue weighted by atomic mass is 79.9. The summed E-state index contributed by atoms with van der Waals surface area (Å²) in [6.45, 7) is 4.74. The summed E-state index contributed by atoms with van der Waals surface area (Å²) in [6, 6.07) is 10.1. The van der Waals surface area contributed by atoms with Gasteiger partial charge in [0.25, 0.3) is 0 Å². The number of aliphatic hydroxyl groups is 1. The van der Waals surface area contributed by atoms with Crippen LogP contribution < -0.4 is 10.6 Å². The van der Waals surface area contributed by atoms with Crippen molar-refractivity contribution in [2.24, 2.45) is 5.41 Å². The third-order valence-electron chi connectivity index (χ3n) is 5.56. The summed E-state index contributed by atoms with van der Waals surface area (Å²) in [5.74, 6) is 0.979. The second kappa shape index (κ2) is 9.42. The first-order chi connectivity index (χ1) is 14.3. The number of aliphatic hydroxyl groups excluding tert-OH is 1. The van der Waals surface area contributed by atoms with Gasteiger partial charge in [-0.2, -0.15) is 15.5 Å².